The molecule has 0 bridgehead atoms. The van der Waals surface area contributed by atoms with Gasteiger partial charge in [0.1, 0.15) is 5.76 Å². The van der Waals surface area contributed by atoms with E-state index < -0.39 is 0 Å². The molecule has 0 saturated heterocycles. The molecule has 7 heteroatoms. The maximum Gasteiger partial charge on any atom is 0.250 e. The van der Waals surface area contributed by atoms with Crippen LogP contribution in [0.25, 0.3) is 17.0 Å². The van der Waals surface area contributed by atoms with Gasteiger partial charge in [-0.3, -0.25) is 10.1 Å². The molecule has 0 spiro atoms. The van der Waals surface area contributed by atoms with Crippen molar-refractivity contribution in [3.63, 3.8) is 0 Å². The predicted molar refractivity (Wildman–Crippen MR) is 87.6 cm³/mol. The molecule has 0 aliphatic rings. The lowest BCUT2D eigenvalue weighted by atomic mass is 10.2. The Kier molecular flexibility index (Phi) is 4.13. The van der Waals surface area contributed by atoms with Gasteiger partial charge in [-0.25, -0.2) is 4.98 Å². The summed E-state index contributed by atoms with van der Waals surface area (Å²) in [6.45, 7) is 0. The number of nitrogens with one attached hydrogen (secondary N) is 1. The van der Waals surface area contributed by atoms with E-state index >= 15 is 0 Å². The fraction of sp³-hybridized carbons (Fsp3) is 0.0667. The van der Waals surface area contributed by atoms with Crippen molar-refractivity contribution in [3.8, 4) is 5.75 Å². The molecule has 1 aromatic carbocycles. The molecule has 0 fully saturated rings. The lowest BCUT2D eigenvalue weighted by Crippen LogP contribution is -2.06. The number of aromatic nitrogens is 1. The minimum atomic E-state index is -0.277. The highest BCUT2D eigenvalue weighted by Crippen LogP contribution is 2.32. The number of rotatable bonds is 4. The van der Waals surface area contributed by atoms with Crippen molar-refractivity contribution in [2.45, 2.75) is 0 Å². The lowest BCUT2D eigenvalue weighted by molar-refractivity contribution is -0.111. The summed E-state index contributed by atoms with van der Waals surface area (Å²) in [6, 6.07) is 5.24. The van der Waals surface area contributed by atoms with Gasteiger partial charge in [0.2, 0.25) is 5.91 Å². The Labute approximate surface area is 135 Å². The van der Waals surface area contributed by atoms with Crippen LogP contribution < -0.4 is 10.1 Å². The second-order valence-corrected chi connectivity index (χ2v) is 5.67. The molecule has 1 amide bonds. The molecular formula is C15H11ClN2O3S. The smallest absolute Gasteiger partial charge is 0.250 e. The first-order valence-corrected chi connectivity index (χ1v) is 7.57. The molecule has 3 aromatic rings. The van der Waals surface area contributed by atoms with Gasteiger partial charge in [0.05, 0.1) is 7.11 Å². The number of amides is 1. The quantitative estimate of drug-likeness (QED) is 0.726. The van der Waals surface area contributed by atoms with Crippen LogP contribution >= 0.6 is 22.9 Å². The van der Waals surface area contributed by atoms with Crippen LogP contribution in [0, 0.1) is 0 Å². The molecule has 112 valence electrons. The van der Waals surface area contributed by atoms with Crippen LogP contribution in [0.5, 0.6) is 5.75 Å². The number of halogens is 1. The number of carbonyl (C=O) groups excluding carboxylic acids is 1. The molecule has 2 heterocycles. The maximum absolute atomic E-state index is 11.8. The van der Waals surface area contributed by atoms with Crippen molar-refractivity contribution in [1.29, 1.82) is 0 Å². The predicted octanol–water partition coefficient (Wildman–Crippen LogP) is 4.20. The summed E-state index contributed by atoms with van der Waals surface area (Å²) in [4.78, 5) is 15.7. The molecular weight excluding hydrogens is 324 g/mol. The summed E-state index contributed by atoms with van der Waals surface area (Å²) < 4.78 is 10.9. The van der Waals surface area contributed by atoms with Crippen LogP contribution in [0.2, 0.25) is 5.02 Å². The zero-order valence-corrected chi connectivity index (χ0v) is 13.1. The third kappa shape index (κ3) is 3.13. The molecule has 3 rings (SSSR count). The molecule has 0 aliphatic heterocycles. The zero-order chi connectivity index (χ0) is 15.5. The summed E-state index contributed by atoms with van der Waals surface area (Å²) in [7, 11) is 1.55. The lowest BCUT2D eigenvalue weighted by Gasteiger charge is -2.00. The number of hydrogen-bond donors (Lipinski definition) is 1. The highest BCUT2D eigenvalue weighted by molar-refractivity contribution is 7.13. The van der Waals surface area contributed by atoms with Gasteiger partial charge < -0.3 is 9.15 Å². The average Bonchev–Trinajstić information content (AvgIpc) is 3.13. The number of furan rings is 1. The van der Waals surface area contributed by atoms with E-state index in [0.717, 1.165) is 5.39 Å². The average molecular weight is 335 g/mol. The Morgan fingerprint density at radius 3 is 3.05 bits per heavy atom. The van der Waals surface area contributed by atoms with Crippen LogP contribution in [-0.2, 0) is 4.79 Å². The SMILES string of the molecule is COc1cc(Cl)cc2cc(/C=C/C(=O)Nc3nccs3)oc12. The van der Waals surface area contributed by atoms with Gasteiger partial charge in [0.25, 0.3) is 0 Å². The Hall–Kier alpha value is -2.31. The van der Waals surface area contributed by atoms with Gasteiger partial charge in [-0.2, -0.15) is 0 Å². The molecule has 0 unspecified atom stereocenters. The standard InChI is InChI=1S/C15H11ClN2O3S/c1-20-12-8-10(16)6-9-7-11(21-14(9)12)2-3-13(19)18-15-17-4-5-22-15/h2-8H,1H3,(H,17,18,19)/b3-2+. The van der Waals surface area contributed by atoms with E-state index in [4.69, 9.17) is 20.8 Å². The van der Waals surface area contributed by atoms with Crippen LogP contribution in [-0.4, -0.2) is 18.0 Å². The molecule has 5 nitrogen and oxygen atoms in total. The summed E-state index contributed by atoms with van der Waals surface area (Å²) in [5.41, 5.74) is 0.590. The Balaban J connectivity index is 1.81. The van der Waals surface area contributed by atoms with E-state index in [1.807, 2.05) is 0 Å². The first kappa shape index (κ1) is 14.6. The Morgan fingerprint density at radius 1 is 1.45 bits per heavy atom. The highest BCUT2D eigenvalue weighted by Gasteiger charge is 2.09. The maximum atomic E-state index is 11.8. The third-order valence-electron chi connectivity index (χ3n) is 2.85. The number of methoxy groups -OCH3 is 1. The summed E-state index contributed by atoms with van der Waals surface area (Å²) in [6.07, 6.45) is 4.59. The monoisotopic (exact) mass is 334 g/mol. The van der Waals surface area contributed by atoms with Crippen molar-refractivity contribution in [2.75, 3.05) is 12.4 Å². The van der Waals surface area contributed by atoms with E-state index in [1.165, 1.54) is 17.4 Å². The largest absolute Gasteiger partial charge is 0.493 e. The zero-order valence-electron chi connectivity index (χ0n) is 11.5. The Bertz CT molecular complexity index is 840. The van der Waals surface area contributed by atoms with Gasteiger partial charge in [-0.05, 0) is 18.2 Å². The van der Waals surface area contributed by atoms with Gasteiger partial charge in [0.15, 0.2) is 16.5 Å². The van der Waals surface area contributed by atoms with Crippen LogP contribution in [0.1, 0.15) is 5.76 Å². The fourth-order valence-corrected chi connectivity index (χ4v) is 2.68. The number of ether oxygens (including phenoxy) is 1. The number of hydrogen-bond acceptors (Lipinski definition) is 5. The molecule has 0 radical (unpaired) electrons. The third-order valence-corrected chi connectivity index (χ3v) is 3.75. The number of nitrogens with zero attached hydrogens (tertiary/aromatic N) is 1. The van der Waals surface area contributed by atoms with Crippen molar-refractivity contribution < 1.29 is 13.9 Å². The summed E-state index contributed by atoms with van der Waals surface area (Å²) >= 11 is 7.36. The van der Waals surface area contributed by atoms with Gasteiger partial charge in [-0.1, -0.05) is 11.6 Å². The number of thiazole rings is 1. The van der Waals surface area contributed by atoms with Gasteiger partial charge in [0, 0.05) is 34.1 Å². The minimum Gasteiger partial charge on any atom is -0.493 e. The number of fused-ring (bicyclic) bond motifs is 1. The topological polar surface area (TPSA) is 64.4 Å². The van der Waals surface area contributed by atoms with Crippen molar-refractivity contribution in [1.82, 2.24) is 4.98 Å². The van der Waals surface area contributed by atoms with Gasteiger partial charge in [-0.15, -0.1) is 11.3 Å². The molecule has 0 aliphatic carbocycles. The molecule has 2 aromatic heterocycles. The second kappa shape index (κ2) is 6.21. The summed E-state index contributed by atoms with van der Waals surface area (Å²) in [5, 5.41) is 6.35. The fourth-order valence-electron chi connectivity index (χ4n) is 1.93. The van der Waals surface area contributed by atoms with E-state index in [-0.39, 0.29) is 5.91 Å². The molecule has 1 N–H and O–H groups in total. The normalized spacial score (nSPS) is 11.2. The number of carbonyl (C=O) groups is 1. The second-order valence-electron chi connectivity index (χ2n) is 4.34. The number of benzene rings is 1. The van der Waals surface area contributed by atoms with Crippen LogP contribution in [0.4, 0.5) is 5.13 Å². The van der Waals surface area contributed by atoms with Crippen LogP contribution in [0.15, 0.2) is 40.3 Å². The first-order valence-electron chi connectivity index (χ1n) is 6.31. The first-order chi connectivity index (χ1) is 10.7. The summed E-state index contributed by atoms with van der Waals surface area (Å²) in [5.74, 6) is 0.805. The van der Waals surface area contributed by atoms with Crippen molar-refractivity contribution in [3.05, 3.63) is 46.6 Å². The van der Waals surface area contributed by atoms with Crippen molar-refractivity contribution in [2.24, 2.45) is 0 Å². The van der Waals surface area contributed by atoms with Crippen molar-refractivity contribution >= 4 is 51.0 Å². The van der Waals surface area contributed by atoms with Gasteiger partial charge >= 0.3 is 0 Å². The highest BCUT2D eigenvalue weighted by atomic mass is 35.5. The van der Waals surface area contributed by atoms with E-state index in [9.17, 15) is 4.79 Å². The molecule has 22 heavy (non-hydrogen) atoms. The molecule has 0 atom stereocenters. The van der Waals surface area contributed by atoms with E-state index in [2.05, 4.69) is 10.3 Å². The van der Waals surface area contributed by atoms with E-state index in [1.54, 1.807) is 43.0 Å². The van der Waals surface area contributed by atoms with Crippen LogP contribution in [0.3, 0.4) is 0 Å². The number of anilines is 1. The Morgan fingerprint density at radius 2 is 2.32 bits per heavy atom. The van der Waals surface area contributed by atoms with E-state index in [0.29, 0.717) is 27.2 Å². The molecule has 0 saturated carbocycles. The minimum absolute atomic E-state index is 0.277.